The molecule has 1 heterocycles. The van der Waals surface area contributed by atoms with Gasteiger partial charge in [0.1, 0.15) is 5.76 Å². The van der Waals surface area contributed by atoms with Crippen LogP contribution in [-0.4, -0.2) is 17.2 Å². The first-order chi connectivity index (χ1) is 10.6. The van der Waals surface area contributed by atoms with E-state index in [2.05, 4.69) is 36.5 Å². The van der Waals surface area contributed by atoms with E-state index in [-0.39, 0.29) is 16.7 Å². The average molecular weight is 316 g/mol. The molecule has 2 nitrogen and oxygen atoms in total. The molecule has 0 aromatic carbocycles. The van der Waals surface area contributed by atoms with E-state index in [1.54, 1.807) is 0 Å². The molecule has 3 heteroatoms. The first kappa shape index (κ1) is 14.3. The second-order valence-electron chi connectivity index (χ2n) is 7.07. The number of hydrogen-bond acceptors (Lipinski definition) is 2. The van der Waals surface area contributed by atoms with Crippen molar-refractivity contribution in [2.24, 2.45) is 11.3 Å². The Morgan fingerprint density at radius 1 is 1.27 bits per heavy atom. The number of rotatable bonds is 0. The topological polar surface area (TPSA) is 32.3 Å². The Morgan fingerprint density at radius 3 is 2.95 bits per heavy atom. The third-order valence-electron chi connectivity index (χ3n) is 5.64. The Balaban J connectivity index is 2.00. The molecular formula is C19H22ClNO. The van der Waals surface area contributed by atoms with Crippen LogP contribution in [0, 0.1) is 11.3 Å². The predicted octanol–water partition coefficient (Wildman–Crippen LogP) is 4.53. The smallest absolute Gasteiger partial charge is 0.130 e. The van der Waals surface area contributed by atoms with Gasteiger partial charge in [0.15, 0.2) is 0 Å². The fraction of sp³-hybridized carbons (Fsp3) is 0.474. The maximum atomic E-state index is 10.4. The van der Waals surface area contributed by atoms with Crippen LogP contribution in [0.15, 0.2) is 58.4 Å². The van der Waals surface area contributed by atoms with Gasteiger partial charge in [0, 0.05) is 5.41 Å². The average Bonchev–Trinajstić information content (AvgIpc) is 2.64. The molecule has 0 bridgehead atoms. The van der Waals surface area contributed by atoms with Gasteiger partial charge in [-0.3, -0.25) is 0 Å². The van der Waals surface area contributed by atoms with Crippen LogP contribution in [0.25, 0.3) is 0 Å². The second-order valence-corrected chi connectivity index (χ2v) is 7.48. The highest BCUT2D eigenvalue weighted by molar-refractivity contribution is 6.32. The molecule has 1 unspecified atom stereocenters. The van der Waals surface area contributed by atoms with Crippen LogP contribution in [0.2, 0.25) is 0 Å². The molecule has 2 N–H and O–H groups in total. The third kappa shape index (κ3) is 1.83. The Labute approximate surface area is 136 Å². The number of halogens is 1. The van der Waals surface area contributed by atoms with Crippen molar-refractivity contribution in [3.8, 4) is 0 Å². The maximum Gasteiger partial charge on any atom is 0.130 e. The number of aliphatic hydroxyl groups excluding tert-OH is 1. The summed E-state index contributed by atoms with van der Waals surface area (Å²) in [5, 5.41) is 14.6. The van der Waals surface area contributed by atoms with Crippen molar-refractivity contribution in [1.29, 1.82) is 0 Å². The van der Waals surface area contributed by atoms with Gasteiger partial charge in [0.25, 0.3) is 0 Å². The van der Waals surface area contributed by atoms with Crippen molar-refractivity contribution in [3.05, 3.63) is 58.4 Å². The number of allylic oxidation sites excluding steroid dienone is 5. The van der Waals surface area contributed by atoms with Crippen molar-refractivity contribution >= 4 is 11.6 Å². The van der Waals surface area contributed by atoms with Gasteiger partial charge in [0.05, 0.1) is 10.6 Å². The molecule has 0 radical (unpaired) electrons. The first-order valence-corrected chi connectivity index (χ1v) is 8.60. The fourth-order valence-electron chi connectivity index (χ4n) is 4.62. The summed E-state index contributed by atoms with van der Waals surface area (Å²) >= 11 is 6.30. The Morgan fingerprint density at radius 2 is 2.09 bits per heavy atom. The largest absolute Gasteiger partial charge is 0.507 e. The van der Waals surface area contributed by atoms with Gasteiger partial charge in [0.2, 0.25) is 0 Å². The second kappa shape index (κ2) is 4.87. The van der Waals surface area contributed by atoms with Gasteiger partial charge in [-0.15, -0.1) is 0 Å². The zero-order chi connectivity index (χ0) is 15.4. The summed E-state index contributed by atoms with van der Waals surface area (Å²) in [4.78, 5) is 0. The molecule has 116 valence electrons. The van der Waals surface area contributed by atoms with E-state index in [1.165, 1.54) is 11.1 Å². The van der Waals surface area contributed by atoms with Crippen LogP contribution in [0.4, 0.5) is 0 Å². The summed E-state index contributed by atoms with van der Waals surface area (Å²) in [5.41, 5.74) is 2.12. The monoisotopic (exact) mass is 315 g/mol. The summed E-state index contributed by atoms with van der Waals surface area (Å²) in [7, 11) is 0. The van der Waals surface area contributed by atoms with Crippen LogP contribution in [0.1, 0.15) is 32.6 Å². The lowest BCUT2D eigenvalue weighted by Gasteiger charge is -2.52. The zero-order valence-electron chi connectivity index (χ0n) is 12.9. The molecular weight excluding hydrogens is 294 g/mol. The quantitative estimate of drug-likeness (QED) is 0.688. The molecule has 3 atom stereocenters. The maximum absolute atomic E-state index is 10.4. The molecule has 4 rings (SSSR count). The van der Waals surface area contributed by atoms with E-state index in [0.29, 0.717) is 11.0 Å². The third-order valence-corrected chi connectivity index (χ3v) is 5.95. The number of aliphatic hydroxyl groups is 1. The number of nitrogens with one attached hydrogen (secondary N) is 1. The SMILES string of the molecule is CC1CCN[C@]23C=CC4=CCCC=C4[C@@]2(C=C(O)C(Cl)=C3)C1. The minimum absolute atomic E-state index is 0.217. The highest BCUT2D eigenvalue weighted by Gasteiger charge is 2.55. The van der Waals surface area contributed by atoms with Crippen LogP contribution >= 0.6 is 11.6 Å². The molecule has 0 aromatic rings. The van der Waals surface area contributed by atoms with Gasteiger partial charge in [-0.1, -0.05) is 42.8 Å². The van der Waals surface area contributed by atoms with Gasteiger partial charge in [-0.25, -0.2) is 0 Å². The lowest BCUT2D eigenvalue weighted by molar-refractivity contribution is 0.238. The molecule has 22 heavy (non-hydrogen) atoms. The van der Waals surface area contributed by atoms with E-state index < -0.39 is 0 Å². The summed E-state index contributed by atoms with van der Waals surface area (Å²) in [6.07, 6.45) is 17.5. The van der Waals surface area contributed by atoms with Gasteiger partial charge in [-0.05, 0) is 61.4 Å². The minimum atomic E-state index is -0.318. The van der Waals surface area contributed by atoms with E-state index >= 15 is 0 Å². The van der Waals surface area contributed by atoms with E-state index in [4.69, 9.17) is 11.6 Å². The van der Waals surface area contributed by atoms with Crippen LogP contribution in [0.3, 0.4) is 0 Å². The summed E-state index contributed by atoms with van der Waals surface area (Å²) < 4.78 is 0. The summed E-state index contributed by atoms with van der Waals surface area (Å²) in [6, 6.07) is 0. The number of hydrogen-bond donors (Lipinski definition) is 2. The fourth-order valence-corrected chi connectivity index (χ4v) is 4.84. The van der Waals surface area contributed by atoms with Gasteiger partial charge < -0.3 is 10.4 Å². The Hall–Kier alpha value is -1.25. The lowest BCUT2D eigenvalue weighted by Crippen LogP contribution is -2.58. The van der Waals surface area contributed by atoms with Crippen molar-refractivity contribution < 1.29 is 5.11 Å². The number of fused-ring (bicyclic) bond motifs is 1. The lowest BCUT2D eigenvalue weighted by atomic mass is 9.55. The van der Waals surface area contributed by atoms with E-state index in [0.717, 1.165) is 32.2 Å². The van der Waals surface area contributed by atoms with Crippen molar-refractivity contribution in [2.75, 3.05) is 6.54 Å². The van der Waals surface area contributed by atoms with Crippen molar-refractivity contribution in [1.82, 2.24) is 5.32 Å². The van der Waals surface area contributed by atoms with Crippen LogP contribution in [0.5, 0.6) is 0 Å². The molecule has 1 fully saturated rings. The highest BCUT2D eigenvalue weighted by atomic mass is 35.5. The van der Waals surface area contributed by atoms with Crippen LogP contribution in [-0.2, 0) is 0 Å². The van der Waals surface area contributed by atoms with Gasteiger partial charge >= 0.3 is 0 Å². The molecule has 0 aromatic heterocycles. The molecule has 1 saturated heterocycles. The van der Waals surface area contributed by atoms with Crippen molar-refractivity contribution in [2.45, 2.75) is 38.1 Å². The standard InChI is InChI=1S/C19H22ClNO/c1-13-7-9-21-19-8-6-14-4-2-3-5-15(14)18(19,10-13)12-17(22)16(20)11-19/h4-6,8,11-13,21-22H,2-3,7,9-10H2,1H3/t13?,18-,19-/m0/s1. The Bertz CT molecular complexity index is 669. The first-order valence-electron chi connectivity index (χ1n) is 8.22. The van der Waals surface area contributed by atoms with Gasteiger partial charge in [-0.2, -0.15) is 0 Å². The van der Waals surface area contributed by atoms with E-state index in [9.17, 15) is 5.11 Å². The molecule has 1 aliphatic heterocycles. The van der Waals surface area contributed by atoms with Crippen LogP contribution < -0.4 is 5.32 Å². The summed E-state index contributed by atoms with van der Waals surface area (Å²) in [6.45, 7) is 3.28. The zero-order valence-corrected chi connectivity index (χ0v) is 13.7. The molecule has 0 saturated carbocycles. The highest BCUT2D eigenvalue weighted by Crippen LogP contribution is 2.57. The van der Waals surface area contributed by atoms with E-state index in [1.807, 2.05) is 12.2 Å². The molecule has 0 spiro atoms. The predicted molar refractivity (Wildman–Crippen MR) is 90.8 cm³/mol. The molecule has 3 aliphatic carbocycles. The minimum Gasteiger partial charge on any atom is -0.507 e. The molecule has 0 amide bonds. The molecule has 4 aliphatic rings. The summed E-state index contributed by atoms with van der Waals surface area (Å²) in [5.74, 6) is 0.814. The Kier molecular flexibility index (Phi) is 3.18. The van der Waals surface area contributed by atoms with Crippen molar-refractivity contribution in [3.63, 3.8) is 0 Å². The normalized spacial score (nSPS) is 40.2.